The Morgan fingerprint density at radius 3 is 2.40 bits per heavy atom. The molecule has 0 saturated carbocycles. The maximum Gasteiger partial charge on any atom is 0.252 e. The third kappa shape index (κ3) is 5.45. The van der Waals surface area contributed by atoms with Gasteiger partial charge in [0.15, 0.2) is 0 Å². The van der Waals surface area contributed by atoms with Crippen LogP contribution in [0.1, 0.15) is 17.3 Å². The molecule has 2 N–H and O–H groups in total. The Hall–Kier alpha value is -2.09. The van der Waals surface area contributed by atoms with Gasteiger partial charge in [-0.1, -0.05) is 23.7 Å². The lowest BCUT2D eigenvalue weighted by molar-refractivity contribution is 0.0954. The van der Waals surface area contributed by atoms with E-state index in [1.54, 1.807) is 36.4 Å². The maximum atomic E-state index is 12.2. The van der Waals surface area contributed by atoms with Crippen molar-refractivity contribution in [2.45, 2.75) is 11.8 Å². The van der Waals surface area contributed by atoms with Gasteiger partial charge in [0.2, 0.25) is 10.0 Å². The second-order valence-electron chi connectivity index (χ2n) is 5.04. The molecule has 0 radical (unpaired) electrons. The van der Waals surface area contributed by atoms with Crippen LogP contribution in [-0.4, -0.2) is 34.0 Å². The van der Waals surface area contributed by atoms with Crippen LogP contribution in [0, 0.1) is 0 Å². The van der Waals surface area contributed by atoms with Crippen LogP contribution >= 0.6 is 11.6 Å². The van der Waals surface area contributed by atoms with E-state index in [2.05, 4.69) is 10.0 Å². The fourth-order valence-corrected chi connectivity index (χ4v) is 3.32. The molecule has 134 valence electrons. The van der Waals surface area contributed by atoms with Gasteiger partial charge in [-0.25, -0.2) is 13.1 Å². The van der Waals surface area contributed by atoms with E-state index >= 15 is 0 Å². The average Bonchev–Trinajstić information content (AvgIpc) is 2.60. The molecule has 0 unspecified atom stereocenters. The number of benzene rings is 2. The summed E-state index contributed by atoms with van der Waals surface area (Å²) >= 11 is 5.94. The fraction of sp³-hybridized carbons (Fsp3) is 0.235. The standard InChI is InChI=1S/C17H19ClN2O4S/c1-2-24-13-7-9-14(10-8-13)25(22,23)20-12-11-19-17(21)15-5-3-4-6-16(15)18/h3-10,20H,2,11-12H2,1H3,(H,19,21). The number of carbonyl (C=O) groups excluding carboxylic acids is 1. The average molecular weight is 383 g/mol. The van der Waals surface area contributed by atoms with Crippen molar-refractivity contribution < 1.29 is 17.9 Å². The molecule has 0 bridgehead atoms. The molecule has 6 nitrogen and oxygen atoms in total. The zero-order valence-electron chi connectivity index (χ0n) is 13.7. The van der Waals surface area contributed by atoms with Crippen LogP contribution in [-0.2, 0) is 10.0 Å². The van der Waals surface area contributed by atoms with E-state index < -0.39 is 10.0 Å². The summed E-state index contributed by atoms with van der Waals surface area (Å²) in [5, 5.41) is 2.96. The third-order valence-electron chi connectivity index (χ3n) is 3.27. The highest BCUT2D eigenvalue weighted by molar-refractivity contribution is 7.89. The van der Waals surface area contributed by atoms with Gasteiger partial charge >= 0.3 is 0 Å². The van der Waals surface area contributed by atoms with E-state index in [4.69, 9.17) is 16.3 Å². The first-order valence-corrected chi connectivity index (χ1v) is 9.55. The maximum absolute atomic E-state index is 12.2. The Labute approximate surface area is 152 Å². The zero-order valence-corrected chi connectivity index (χ0v) is 15.2. The number of hydrogen-bond acceptors (Lipinski definition) is 4. The molecule has 0 heterocycles. The minimum Gasteiger partial charge on any atom is -0.494 e. The van der Waals surface area contributed by atoms with Crippen LogP contribution in [0.25, 0.3) is 0 Å². The molecule has 0 aromatic heterocycles. The van der Waals surface area contributed by atoms with Crippen LogP contribution in [0.3, 0.4) is 0 Å². The second kappa shape index (κ2) is 8.84. The third-order valence-corrected chi connectivity index (χ3v) is 5.07. The molecule has 0 fully saturated rings. The lowest BCUT2D eigenvalue weighted by Gasteiger charge is -2.09. The number of rotatable bonds is 8. The quantitative estimate of drug-likeness (QED) is 0.687. The summed E-state index contributed by atoms with van der Waals surface area (Å²) in [5.41, 5.74) is 0.346. The van der Waals surface area contributed by atoms with Gasteiger partial charge in [-0.05, 0) is 43.3 Å². The largest absolute Gasteiger partial charge is 0.494 e. The summed E-state index contributed by atoms with van der Waals surface area (Å²) in [6.07, 6.45) is 0. The van der Waals surface area contributed by atoms with Gasteiger partial charge in [0, 0.05) is 13.1 Å². The van der Waals surface area contributed by atoms with Gasteiger partial charge in [-0.2, -0.15) is 0 Å². The van der Waals surface area contributed by atoms with Gasteiger partial charge in [-0.15, -0.1) is 0 Å². The number of halogens is 1. The fourth-order valence-electron chi connectivity index (χ4n) is 2.07. The van der Waals surface area contributed by atoms with E-state index in [0.29, 0.717) is 22.9 Å². The molecule has 0 aliphatic rings. The first-order chi connectivity index (χ1) is 11.9. The highest BCUT2D eigenvalue weighted by Crippen LogP contribution is 2.16. The van der Waals surface area contributed by atoms with Crippen molar-refractivity contribution in [3.63, 3.8) is 0 Å². The minimum atomic E-state index is -3.65. The van der Waals surface area contributed by atoms with E-state index in [0.717, 1.165) is 0 Å². The van der Waals surface area contributed by atoms with Crippen molar-refractivity contribution in [2.75, 3.05) is 19.7 Å². The Kier molecular flexibility index (Phi) is 6.81. The number of nitrogens with one attached hydrogen (secondary N) is 2. The van der Waals surface area contributed by atoms with Crippen molar-refractivity contribution in [3.05, 3.63) is 59.1 Å². The summed E-state index contributed by atoms with van der Waals surface area (Å²) in [7, 11) is -3.65. The van der Waals surface area contributed by atoms with Crippen molar-refractivity contribution in [1.82, 2.24) is 10.0 Å². The van der Waals surface area contributed by atoms with Crippen LogP contribution in [0.15, 0.2) is 53.4 Å². The van der Waals surface area contributed by atoms with Gasteiger partial charge in [-0.3, -0.25) is 4.79 Å². The van der Waals surface area contributed by atoms with Crippen LogP contribution in [0.5, 0.6) is 5.75 Å². The van der Waals surface area contributed by atoms with Gasteiger partial charge in [0.1, 0.15) is 5.75 Å². The van der Waals surface area contributed by atoms with E-state index in [-0.39, 0.29) is 23.9 Å². The van der Waals surface area contributed by atoms with Gasteiger partial charge in [0.05, 0.1) is 22.1 Å². The number of carbonyl (C=O) groups is 1. The van der Waals surface area contributed by atoms with Crippen LogP contribution in [0.4, 0.5) is 0 Å². The monoisotopic (exact) mass is 382 g/mol. The number of amides is 1. The van der Waals surface area contributed by atoms with Crippen molar-refractivity contribution in [1.29, 1.82) is 0 Å². The van der Waals surface area contributed by atoms with Crippen LogP contribution < -0.4 is 14.8 Å². The van der Waals surface area contributed by atoms with Crippen LogP contribution in [0.2, 0.25) is 5.02 Å². The summed E-state index contributed by atoms with van der Waals surface area (Å²) < 4.78 is 32.1. The summed E-state index contributed by atoms with van der Waals surface area (Å²) in [4.78, 5) is 12.1. The van der Waals surface area contributed by atoms with E-state index in [9.17, 15) is 13.2 Å². The van der Waals surface area contributed by atoms with Crippen molar-refractivity contribution in [2.24, 2.45) is 0 Å². The molecule has 25 heavy (non-hydrogen) atoms. The smallest absolute Gasteiger partial charge is 0.252 e. The van der Waals surface area contributed by atoms with Gasteiger partial charge in [0.25, 0.3) is 5.91 Å². The van der Waals surface area contributed by atoms with Crippen molar-refractivity contribution >= 4 is 27.5 Å². The second-order valence-corrected chi connectivity index (χ2v) is 7.21. The Morgan fingerprint density at radius 2 is 1.76 bits per heavy atom. The molecular formula is C17H19ClN2O4S. The van der Waals surface area contributed by atoms with E-state index in [1.807, 2.05) is 6.92 Å². The molecule has 0 saturated heterocycles. The lowest BCUT2D eigenvalue weighted by Crippen LogP contribution is -2.34. The zero-order chi connectivity index (χ0) is 18.3. The topological polar surface area (TPSA) is 84.5 Å². The highest BCUT2D eigenvalue weighted by atomic mass is 35.5. The Balaban J connectivity index is 1.86. The number of ether oxygens (including phenoxy) is 1. The SMILES string of the molecule is CCOc1ccc(S(=O)(=O)NCCNC(=O)c2ccccc2Cl)cc1. The lowest BCUT2D eigenvalue weighted by atomic mass is 10.2. The number of hydrogen-bond donors (Lipinski definition) is 2. The molecule has 8 heteroatoms. The van der Waals surface area contributed by atoms with Crippen molar-refractivity contribution in [3.8, 4) is 5.75 Å². The molecular weight excluding hydrogens is 364 g/mol. The summed E-state index contributed by atoms with van der Waals surface area (Å²) in [5.74, 6) is 0.249. The molecule has 0 atom stereocenters. The van der Waals surface area contributed by atoms with Gasteiger partial charge < -0.3 is 10.1 Å². The minimum absolute atomic E-state index is 0.0612. The Morgan fingerprint density at radius 1 is 1.08 bits per heavy atom. The molecule has 2 rings (SSSR count). The molecule has 0 aliphatic carbocycles. The molecule has 0 spiro atoms. The molecule has 2 aromatic carbocycles. The first kappa shape index (κ1) is 19.2. The molecule has 2 aromatic rings. The number of sulfonamides is 1. The normalized spacial score (nSPS) is 11.1. The Bertz CT molecular complexity index is 823. The van der Waals surface area contributed by atoms with E-state index in [1.165, 1.54) is 12.1 Å². The highest BCUT2D eigenvalue weighted by Gasteiger charge is 2.14. The predicted molar refractivity (Wildman–Crippen MR) is 96.6 cm³/mol. The molecule has 0 aliphatic heterocycles. The first-order valence-electron chi connectivity index (χ1n) is 7.69. The predicted octanol–water partition coefficient (Wildman–Crippen LogP) is 2.45. The summed E-state index contributed by atoms with van der Waals surface area (Å²) in [6, 6.07) is 12.8. The molecule has 1 amide bonds. The summed E-state index contributed by atoms with van der Waals surface area (Å²) in [6.45, 7) is 2.56.